The van der Waals surface area contributed by atoms with Gasteiger partial charge in [-0.15, -0.1) is 0 Å². The van der Waals surface area contributed by atoms with Crippen molar-refractivity contribution in [1.82, 2.24) is 0 Å². The highest BCUT2D eigenvalue weighted by atomic mass is 16.5. The summed E-state index contributed by atoms with van der Waals surface area (Å²) in [5, 5.41) is 3.34. The maximum absolute atomic E-state index is 5.70. The highest BCUT2D eigenvalue weighted by molar-refractivity contribution is 5.46. The fourth-order valence-electron chi connectivity index (χ4n) is 1.96. The Morgan fingerprint density at radius 1 is 0.818 bits per heavy atom. The molecule has 2 aromatic carbocycles. The first kappa shape index (κ1) is 16.2. The van der Waals surface area contributed by atoms with Gasteiger partial charge in [0.2, 0.25) is 0 Å². The Labute approximate surface area is 133 Å². The van der Waals surface area contributed by atoms with Crippen molar-refractivity contribution < 1.29 is 9.47 Å². The molecule has 0 atom stereocenters. The molecule has 0 saturated carbocycles. The van der Waals surface area contributed by atoms with Gasteiger partial charge in [-0.05, 0) is 48.7 Å². The quantitative estimate of drug-likeness (QED) is 0.686. The molecule has 3 heteroatoms. The van der Waals surface area contributed by atoms with Crippen molar-refractivity contribution in [2.75, 3.05) is 25.1 Å². The van der Waals surface area contributed by atoms with Crippen LogP contribution in [0.3, 0.4) is 0 Å². The highest BCUT2D eigenvalue weighted by Gasteiger charge is 1.98. The normalized spacial score (nSPS) is 10.5. The van der Waals surface area contributed by atoms with Gasteiger partial charge in [0.05, 0.1) is 6.61 Å². The molecule has 0 fully saturated rings. The summed E-state index contributed by atoms with van der Waals surface area (Å²) in [7, 11) is 0. The fourth-order valence-corrected chi connectivity index (χ4v) is 1.96. The third-order valence-corrected chi connectivity index (χ3v) is 3.26. The third-order valence-electron chi connectivity index (χ3n) is 3.26. The van der Waals surface area contributed by atoms with Crippen LogP contribution in [0.1, 0.15) is 20.3 Å². The zero-order chi connectivity index (χ0) is 15.6. The molecule has 0 heterocycles. The Morgan fingerprint density at radius 2 is 1.45 bits per heavy atom. The van der Waals surface area contributed by atoms with Crippen LogP contribution in [0.2, 0.25) is 0 Å². The second-order valence-corrected chi connectivity index (χ2v) is 5.64. The number of rotatable bonds is 9. The molecule has 0 saturated heterocycles. The fraction of sp³-hybridized carbons (Fsp3) is 0.368. The van der Waals surface area contributed by atoms with E-state index in [-0.39, 0.29) is 0 Å². The van der Waals surface area contributed by atoms with Gasteiger partial charge in [0.25, 0.3) is 0 Å². The molecule has 0 aliphatic heterocycles. The van der Waals surface area contributed by atoms with Crippen LogP contribution in [0.5, 0.6) is 11.5 Å². The van der Waals surface area contributed by atoms with Gasteiger partial charge in [-0.1, -0.05) is 32.0 Å². The van der Waals surface area contributed by atoms with Crippen LogP contribution in [-0.2, 0) is 0 Å². The summed E-state index contributed by atoms with van der Waals surface area (Å²) in [6.45, 7) is 6.58. The van der Waals surface area contributed by atoms with Gasteiger partial charge >= 0.3 is 0 Å². The predicted octanol–water partition coefficient (Wildman–Crippen LogP) is 4.60. The van der Waals surface area contributed by atoms with Gasteiger partial charge in [0.1, 0.15) is 18.1 Å². The summed E-state index contributed by atoms with van der Waals surface area (Å²) < 4.78 is 11.3. The number of anilines is 1. The second-order valence-electron chi connectivity index (χ2n) is 5.64. The van der Waals surface area contributed by atoms with E-state index in [9.17, 15) is 0 Å². The first-order chi connectivity index (χ1) is 10.7. The minimum Gasteiger partial charge on any atom is -0.494 e. The van der Waals surface area contributed by atoms with Crippen LogP contribution in [-0.4, -0.2) is 19.8 Å². The van der Waals surface area contributed by atoms with Crippen molar-refractivity contribution in [3.8, 4) is 11.5 Å². The topological polar surface area (TPSA) is 30.5 Å². The van der Waals surface area contributed by atoms with Crippen LogP contribution < -0.4 is 14.8 Å². The molecule has 118 valence electrons. The zero-order valence-electron chi connectivity index (χ0n) is 13.4. The lowest BCUT2D eigenvalue weighted by Crippen LogP contribution is -2.11. The van der Waals surface area contributed by atoms with Gasteiger partial charge in [-0.25, -0.2) is 0 Å². The zero-order valence-corrected chi connectivity index (χ0v) is 13.4. The van der Waals surface area contributed by atoms with Crippen molar-refractivity contribution in [2.45, 2.75) is 20.3 Å². The highest BCUT2D eigenvalue weighted by Crippen LogP contribution is 2.16. The van der Waals surface area contributed by atoms with Crippen molar-refractivity contribution >= 4 is 5.69 Å². The maximum atomic E-state index is 5.70. The van der Waals surface area contributed by atoms with E-state index in [1.165, 1.54) is 0 Å². The summed E-state index contributed by atoms with van der Waals surface area (Å²) in [5.41, 5.74) is 1.08. The molecule has 0 bridgehead atoms. The summed E-state index contributed by atoms with van der Waals surface area (Å²) in [6, 6.07) is 17.9. The molecule has 22 heavy (non-hydrogen) atoms. The average Bonchev–Trinajstić information content (AvgIpc) is 2.54. The van der Waals surface area contributed by atoms with E-state index < -0.39 is 0 Å². The first-order valence-electron chi connectivity index (χ1n) is 7.88. The van der Waals surface area contributed by atoms with Crippen molar-refractivity contribution in [3.63, 3.8) is 0 Å². The smallest absolute Gasteiger partial charge is 0.119 e. The average molecular weight is 299 g/mol. The molecule has 0 aromatic heterocycles. The second kappa shape index (κ2) is 8.98. The predicted molar refractivity (Wildman–Crippen MR) is 91.8 cm³/mol. The standard InChI is InChI=1S/C19H25NO2/c1-16(2)12-14-21-19-10-8-17(9-11-19)20-13-15-22-18-6-4-3-5-7-18/h3-11,16,20H,12-15H2,1-2H3. The lowest BCUT2D eigenvalue weighted by molar-refractivity contribution is 0.289. The van der Waals surface area contributed by atoms with Gasteiger partial charge in [0.15, 0.2) is 0 Å². The van der Waals surface area contributed by atoms with Gasteiger partial charge in [0, 0.05) is 12.2 Å². The van der Waals surface area contributed by atoms with E-state index in [0.29, 0.717) is 12.5 Å². The van der Waals surface area contributed by atoms with Crippen molar-refractivity contribution in [3.05, 3.63) is 54.6 Å². The van der Waals surface area contributed by atoms with E-state index >= 15 is 0 Å². The van der Waals surface area contributed by atoms with E-state index in [2.05, 4.69) is 19.2 Å². The number of benzene rings is 2. The summed E-state index contributed by atoms with van der Waals surface area (Å²) in [5.74, 6) is 2.50. The molecule has 2 aromatic rings. The molecule has 2 rings (SSSR count). The van der Waals surface area contributed by atoms with Crippen LogP contribution in [0, 0.1) is 5.92 Å². The summed E-state index contributed by atoms with van der Waals surface area (Å²) >= 11 is 0. The Kier molecular flexibility index (Phi) is 6.62. The number of ether oxygens (including phenoxy) is 2. The van der Waals surface area contributed by atoms with Crippen LogP contribution >= 0.6 is 0 Å². The molecule has 0 aliphatic carbocycles. The Hall–Kier alpha value is -2.16. The first-order valence-corrected chi connectivity index (χ1v) is 7.88. The van der Waals surface area contributed by atoms with Crippen LogP contribution in [0.4, 0.5) is 5.69 Å². The lowest BCUT2D eigenvalue weighted by atomic mass is 10.1. The molecule has 0 aliphatic rings. The molecule has 3 nitrogen and oxygen atoms in total. The molecular formula is C19H25NO2. The molecule has 1 N–H and O–H groups in total. The Morgan fingerprint density at radius 3 is 2.14 bits per heavy atom. The molecular weight excluding hydrogens is 274 g/mol. The number of hydrogen-bond acceptors (Lipinski definition) is 3. The van der Waals surface area contributed by atoms with Crippen LogP contribution in [0.15, 0.2) is 54.6 Å². The van der Waals surface area contributed by atoms with Crippen LogP contribution in [0.25, 0.3) is 0 Å². The van der Waals surface area contributed by atoms with Crippen molar-refractivity contribution in [2.24, 2.45) is 5.92 Å². The number of hydrogen-bond donors (Lipinski definition) is 1. The number of para-hydroxylation sites is 1. The maximum Gasteiger partial charge on any atom is 0.119 e. The summed E-state index contributed by atoms with van der Waals surface area (Å²) in [6.07, 6.45) is 1.08. The van der Waals surface area contributed by atoms with E-state index in [0.717, 1.165) is 36.8 Å². The van der Waals surface area contributed by atoms with E-state index in [1.54, 1.807) is 0 Å². The van der Waals surface area contributed by atoms with Gasteiger partial charge in [-0.3, -0.25) is 0 Å². The minimum absolute atomic E-state index is 0.636. The number of nitrogens with one attached hydrogen (secondary N) is 1. The Bertz CT molecular complexity index is 523. The van der Waals surface area contributed by atoms with E-state index in [4.69, 9.17) is 9.47 Å². The van der Waals surface area contributed by atoms with Gasteiger partial charge < -0.3 is 14.8 Å². The summed E-state index contributed by atoms with van der Waals surface area (Å²) in [4.78, 5) is 0. The molecule has 0 unspecified atom stereocenters. The largest absolute Gasteiger partial charge is 0.494 e. The minimum atomic E-state index is 0.636. The van der Waals surface area contributed by atoms with Gasteiger partial charge in [-0.2, -0.15) is 0 Å². The molecule has 0 radical (unpaired) electrons. The Balaban J connectivity index is 1.66. The molecule has 0 amide bonds. The van der Waals surface area contributed by atoms with Crippen molar-refractivity contribution in [1.29, 1.82) is 0 Å². The monoisotopic (exact) mass is 299 g/mol. The van der Waals surface area contributed by atoms with E-state index in [1.807, 2.05) is 54.6 Å². The SMILES string of the molecule is CC(C)CCOc1ccc(NCCOc2ccccc2)cc1. The molecule has 0 spiro atoms. The lowest BCUT2D eigenvalue weighted by Gasteiger charge is -2.10. The third kappa shape index (κ3) is 6.08.